The average Bonchev–Trinajstić information content (AvgIpc) is 1.64. The molecule has 0 atom stereocenters. The van der Waals surface area contributed by atoms with Crippen molar-refractivity contribution in [2.24, 2.45) is 0 Å². The lowest BCUT2D eigenvalue weighted by atomic mass is 10.5. The van der Waals surface area contributed by atoms with E-state index in [0.717, 1.165) is 0 Å². The molecule has 0 aromatic carbocycles. The van der Waals surface area contributed by atoms with E-state index in [2.05, 4.69) is 17.6 Å². The maximum atomic E-state index is 5.48. The van der Waals surface area contributed by atoms with Crippen molar-refractivity contribution in [2.75, 3.05) is 0 Å². The van der Waals surface area contributed by atoms with Gasteiger partial charge in [0.05, 0.1) is 5.03 Å². The van der Waals surface area contributed by atoms with Crippen molar-refractivity contribution in [3.8, 4) is 0 Å². The standard InChI is InChI=1S/C5H4ClNS/c6-4-2-1-3-5(8)7-4/h1-3H,(H,7,8). The molecule has 0 N–H and O–H groups in total. The summed E-state index contributed by atoms with van der Waals surface area (Å²) in [5.74, 6) is 0. The number of thiol groups is 1. The molecule has 1 nitrogen and oxygen atoms in total. The Morgan fingerprint density at radius 2 is 2.25 bits per heavy atom. The molecule has 3 heteroatoms. The summed E-state index contributed by atoms with van der Waals surface area (Å²) in [6.45, 7) is 0. The first-order valence-corrected chi connectivity index (χ1v) is 2.93. The highest BCUT2D eigenvalue weighted by Crippen LogP contribution is 2.06. The molecule has 1 aromatic heterocycles. The van der Waals surface area contributed by atoms with Gasteiger partial charge in [0.25, 0.3) is 0 Å². The van der Waals surface area contributed by atoms with Crippen molar-refractivity contribution in [3.63, 3.8) is 0 Å². The van der Waals surface area contributed by atoms with E-state index in [1.54, 1.807) is 18.2 Å². The number of hydrogen-bond donors (Lipinski definition) is 1. The van der Waals surface area contributed by atoms with Crippen LogP contribution in [0, 0.1) is 0 Å². The second-order valence-electron chi connectivity index (χ2n) is 1.32. The zero-order valence-corrected chi connectivity index (χ0v) is 5.65. The fourth-order valence-electron chi connectivity index (χ4n) is 0.398. The minimum absolute atomic E-state index is 0.484. The number of aromatic nitrogens is 1. The fourth-order valence-corrected chi connectivity index (χ4v) is 0.814. The predicted molar refractivity (Wildman–Crippen MR) is 36.5 cm³/mol. The fraction of sp³-hybridized carbons (Fsp3) is 0. The highest BCUT2D eigenvalue weighted by atomic mass is 35.5. The Morgan fingerprint density at radius 1 is 1.50 bits per heavy atom. The van der Waals surface area contributed by atoms with E-state index in [0.29, 0.717) is 10.2 Å². The molecule has 1 rings (SSSR count). The van der Waals surface area contributed by atoms with Crippen LogP contribution in [0.3, 0.4) is 0 Å². The smallest absolute Gasteiger partial charge is 0.130 e. The Hall–Kier alpha value is -0.210. The Labute approximate surface area is 58.1 Å². The van der Waals surface area contributed by atoms with Crippen LogP contribution in [0.25, 0.3) is 0 Å². The van der Waals surface area contributed by atoms with Crippen LogP contribution in [-0.2, 0) is 0 Å². The summed E-state index contributed by atoms with van der Waals surface area (Å²) in [6.07, 6.45) is 0. The Bertz CT molecular complexity index is 172. The van der Waals surface area contributed by atoms with Gasteiger partial charge < -0.3 is 0 Å². The van der Waals surface area contributed by atoms with Gasteiger partial charge in [-0.05, 0) is 12.1 Å². The first-order chi connectivity index (χ1) is 3.79. The van der Waals surface area contributed by atoms with Gasteiger partial charge in [-0.25, -0.2) is 4.98 Å². The monoisotopic (exact) mass is 145 g/mol. The SMILES string of the molecule is Sc1cccc(Cl)n1. The van der Waals surface area contributed by atoms with E-state index in [-0.39, 0.29) is 0 Å². The minimum Gasteiger partial charge on any atom is -0.230 e. The summed E-state index contributed by atoms with van der Waals surface area (Å²) in [4.78, 5) is 3.80. The van der Waals surface area contributed by atoms with Gasteiger partial charge in [0.2, 0.25) is 0 Å². The van der Waals surface area contributed by atoms with Crippen molar-refractivity contribution in [1.82, 2.24) is 4.98 Å². The second-order valence-corrected chi connectivity index (χ2v) is 2.16. The van der Waals surface area contributed by atoms with Gasteiger partial charge in [0.1, 0.15) is 5.15 Å². The highest BCUT2D eigenvalue weighted by molar-refractivity contribution is 7.80. The Morgan fingerprint density at radius 3 is 2.62 bits per heavy atom. The summed E-state index contributed by atoms with van der Waals surface area (Å²) in [5, 5.41) is 1.13. The summed E-state index contributed by atoms with van der Waals surface area (Å²) < 4.78 is 0. The number of hydrogen-bond acceptors (Lipinski definition) is 2. The van der Waals surface area contributed by atoms with Crippen molar-refractivity contribution in [2.45, 2.75) is 5.03 Å². The van der Waals surface area contributed by atoms with E-state index < -0.39 is 0 Å². The molecule has 0 aliphatic rings. The molecule has 1 aromatic rings. The zero-order chi connectivity index (χ0) is 5.98. The normalized spacial score (nSPS) is 9.25. The molecule has 42 valence electrons. The number of halogens is 1. The van der Waals surface area contributed by atoms with Crippen LogP contribution in [0.2, 0.25) is 5.15 Å². The molecule has 0 bridgehead atoms. The third-order valence-corrected chi connectivity index (χ3v) is 1.16. The van der Waals surface area contributed by atoms with Crippen LogP contribution in [0.15, 0.2) is 23.2 Å². The van der Waals surface area contributed by atoms with Gasteiger partial charge in [0.15, 0.2) is 0 Å². The van der Waals surface area contributed by atoms with Gasteiger partial charge in [-0.15, -0.1) is 12.6 Å². The lowest BCUT2D eigenvalue weighted by molar-refractivity contribution is 1.14. The number of rotatable bonds is 0. The van der Waals surface area contributed by atoms with Crippen molar-refractivity contribution >= 4 is 24.2 Å². The highest BCUT2D eigenvalue weighted by Gasteiger charge is 1.85. The predicted octanol–water partition coefficient (Wildman–Crippen LogP) is 2.02. The lowest BCUT2D eigenvalue weighted by Gasteiger charge is -1.87. The van der Waals surface area contributed by atoms with E-state index in [1.165, 1.54) is 0 Å². The molecule has 0 fully saturated rings. The van der Waals surface area contributed by atoms with Gasteiger partial charge >= 0.3 is 0 Å². The summed E-state index contributed by atoms with van der Waals surface area (Å²) in [7, 11) is 0. The molecule has 0 saturated carbocycles. The van der Waals surface area contributed by atoms with Crippen LogP contribution >= 0.6 is 24.2 Å². The van der Waals surface area contributed by atoms with E-state index in [9.17, 15) is 0 Å². The van der Waals surface area contributed by atoms with Crippen LogP contribution in [-0.4, -0.2) is 4.98 Å². The van der Waals surface area contributed by atoms with Crippen molar-refractivity contribution in [1.29, 1.82) is 0 Å². The number of pyridine rings is 1. The third kappa shape index (κ3) is 1.39. The van der Waals surface area contributed by atoms with E-state index in [4.69, 9.17) is 11.6 Å². The Balaban J connectivity index is 3.08. The molecule has 0 aliphatic heterocycles. The largest absolute Gasteiger partial charge is 0.230 e. The quantitative estimate of drug-likeness (QED) is 0.436. The van der Waals surface area contributed by atoms with Crippen LogP contribution in [0.5, 0.6) is 0 Å². The lowest BCUT2D eigenvalue weighted by Crippen LogP contribution is -1.72. The summed E-state index contributed by atoms with van der Waals surface area (Å²) in [5.41, 5.74) is 0. The molecule has 0 saturated heterocycles. The minimum atomic E-state index is 0.484. The molecule has 0 unspecified atom stereocenters. The maximum Gasteiger partial charge on any atom is 0.130 e. The maximum absolute atomic E-state index is 5.48. The molecule has 0 aliphatic carbocycles. The first-order valence-electron chi connectivity index (χ1n) is 2.10. The topological polar surface area (TPSA) is 12.9 Å². The van der Waals surface area contributed by atoms with Crippen molar-refractivity contribution < 1.29 is 0 Å². The van der Waals surface area contributed by atoms with E-state index in [1.807, 2.05) is 0 Å². The molecule has 8 heavy (non-hydrogen) atoms. The Kier molecular flexibility index (Phi) is 1.76. The molecular weight excluding hydrogens is 142 g/mol. The zero-order valence-electron chi connectivity index (χ0n) is 4.00. The summed E-state index contributed by atoms with van der Waals surface area (Å²) in [6, 6.07) is 5.29. The van der Waals surface area contributed by atoms with Gasteiger partial charge in [0, 0.05) is 0 Å². The van der Waals surface area contributed by atoms with Crippen LogP contribution in [0.4, 0.5) is 0 Å². The molecule has 0 amide bonds. The first kappa shape index (κ1) is 5.92. The second kappa shape index (κ2) is 2.37. The number of nitrogens with zero attached hydrogens (tertiary/aromatic N) is 1. The van der Waals surface area contributed by atoms with Crippen LogP contribution in [0.1, 0.15) is 0 Å². The third-order valence-electron chi connectivity index (χ3n) is 0.700. The molecule has 0 radical (unpaired) electrons. The summed E-state index contributed by atoms with van der Waals surface area (Å²) >= 11 is 9.44. The van der Waals surface area contributed by atoms with Gasteiger partial charge in [-0.3, -0.25) is 0 Å². The molecule has 0 spiro atoms. The van der Waals surface area contributed by atoms with Gasteiger partial charge in [-0.1, -0.05) is 17.7 Å². The average molecular weight is 146 g/mol. The van der Waals surface area contributed by atoms with Crippen molar-refractivity contribution in [3.05, 3.63) is 23.4 Å². The molecule has 1 heterocycles. The van der Waals surface area contributed by atoms with Gasteiger partial charge in [-0.2, -0.15) is 0 Å². The van der Waals surface area contributed by atoms with Crippen LogP contribution < -0.4 is 0 Å². The molecular formula is C5H4ClNS. The van der Waals surface area contributed by atoms with E-state index >= 15 is 0 Å².